The fraction of sp³-hybridized carbons (Fsp3) is 0.478. The van der Waals surface area contributed by atoms with E-state index in [0.29, 0.717) is 28.7 Å². The summed E-state index contributed by atoms with van der Waals surface area (Å²) in [6.45, 7) is 8.82. The van der Waals surface area contributed by atoms with E-state index in [9.17, 15) is 9.59 Å². The summed E-state index contributed by atoms with van der Waals surface area (Å²) in [5.74, 6) is 0.873. The summed E-state index contributed by atoms with van der Waals surface area (Å²) in [4.78, 5) is 39.9. The molecular formula is C23H27N5O3S2. The molecule has 0 atom stereocenters. The van der Waals surface area contributed by atoms with Crippen LogP contribution in [0.1, 0.15) is 38.3 Å². The van der Waals surface area contributed by atoms with Gasteiger partial charge in [-0.25, -0.2) is 4.98 Å². The molecule has 5 rings (SSSR count). The van der Waals surface area contributed by atoms with Crippen LogP contribution in [0.4, 0.5) is 10.8 Å². The number of hydrogen-bond donors (Lipinski definition) is 0. The fourth-order valence-electron chi connectivity index (χ4n) is 4.25. The van der Waals surface area contributed by atoms with Crippen molar-refractivity contribution in [1.82, 2.24) is 14.5 Å². The van der Waals surface area contributed by atoms with Crippen molar-refractivity contribution in [1.29, 1.82) is 0 Å². The minimum atomic E-state index is -0.0831. The molecule has 33 heavy (non-hydrogen) atoms. The second kappa shape index (κ2) is 8.98. The molecular weight excluding hydrogens is 458 g/mol. The van der Waals surface area contributed by atoms with E-state index in [1.54, 1.807) is 9.47 Å². The number of aryl methyl sites for hydroxylation is 1. The molecule has 4 heterocycles. The Morgan fingerprint density at radius 2 is 2.00 bits per heavy atom. The number of rotatable bonds is 5. The van der Waals surface area contributed by atoms with Gasteiger partial charge in [-0.2, -0.15) is 4.98 Å². The largest absolute Gasteiger partial charge is 0.490 e. The molecule has 174 valence electrons. The first-order valence-electron chi connectivity index (χ1n) is 11.3. The van der Waals surface area contributed by atoms with Gasteiger partial charge in [-0.3, -0.25) is 14.2 Å². The SMILES string of the molecule is Cc1ccc2c(c1)N(C(=O)CSc1nc3nc(N4CCCC4)sc3c(=O)n1C(C)C)CCO2. The summed E-state index contributed by atoms with van der Waals surface area (Å²) in [6.07, 6.45) is 2.29. The zero-order valence-electron chi connectivity index (χ0n) is 19.0. The standard InChI is InChI=1S/C23H27N5O3S2/c1-14(2)28-21(30)19-20(24-22(33-19)26-8-4-5-9-26)25-23(28)32-13-18(29)27-10-11-31-17-7-6-15(3)12-16(17)27/h6-7,12,14H,4-5,8-11,13H2,1-3H3. The topological polar surface area (TPSA) is 80.6 Å². The molecule has 2 aromatic heterocycles. The van der Waals surface area contributed by atoms with Crippen LogP contribution in [0.3, 0.4) is 0 Å². The molecule has 2 aliphatic rings. The highest BCUT2D eigenvalue weighted by Gasteiger charge is 2.26. The third kappa shape index (κ3) is 4.21. The lowest BCUT2D eigenvalue weighted by molar-refractivity contribution is -0.116. The van der Waals surface area contributed by atoms with Crippen molar-refractivity contribution in [3.05, 3.63) is 34.1 Å². The van der Waals surface area contributed by atoms with E-state index in [0.717, 1.165) is 48.1 Å². The highest BCUT2D eigenvalue weighted by Crippen LogP contribution is 2.34. The minimum Gasteiger partial charge on any atom is -0.490 e. The average molecular weight is 486 g/mol. The van der Waals surface area contributed by atoms with Crippen LogP contribution in [0, 0.1) is 6.92 Å². The third-order valence-electron chi connectivity index (χ3n) is 5.92. The second-order valence-corrected chi connectivity index (χ2v) is 10.6. The zero-order chi connectivity index (χ0) is 23.1. The van der Waals surface area contributed by atoms with Gasteiger partial charge in [0.1, 0.15) is 17.1 Å². The lowest BCUT2D eigenvalue weighted by Gasteiger charge is -2.29. The van der Waals surface area contributed by atoms with Gasteiger partial charge in [0.2, 0.25) is 5.91 Å². The Morgan fingerprint density at radius 1 is 1.21 bits per heavy atom. The van der Waals surface area contributed by atoms with Crippen LogP contribution in [-0.2, 0) is 4.79 Å². The molecule has 1 fully saturated rings. The Kier molecular flexibility index (Phi) is 6.05. The van der Waals surface area contributed by atoms with E-state index in [1.807, 2.05) is 39.0 Å². The number of hydrogen-bond acceptors (Lipinski definition) is 8. The number of thioether (sulfide) groups is 1. The van der Waals surface area contributed by atoms with E-state index in [4.69, 9.17) is 9.72 Å². The predicted octanol–water partition coefficient (Wildman–Crippen LogP) is 3.86. The van der Waals surface area contributed by atoms with Crippen molar-refractivity contribution < 1.29 is 9.53 Å². The van der Waals surface area contributed by atoms with E-state index in [2.05, 4.69) is 9.88 Å². The molecule has 8 nitrogen and oxygen atoms in total. The van der Waals surface area contributed by atoms with Gasteiger partial charge in [0.05, 0.1) is 18.0 Å². The average Bonchev–Trinajstić information content (AvgIpc) is 3.46. The number of nitrogens with zero attached hydrogens (tertiary/aromatic N) is 5. The van der Waals surface area contributed by atoms with Crippen molar-refractivity contribution in [3.8, 4) is 5.75 Å². The summed E-state index contributed by atoms with van der Waals surface area (Å²) in [7, 11) is 0. The van der Waals surface area contributed by atoms with Gasteiger partial charge in [-0.1, -0.05) is 29.2 Å². The maximum Gasteiger partial charge on any atom is 0.274 e. The molecule has 1 amide bonds. The maximum atomic E-state index is 13.3. The van der Waals surface area contributed by atoms with Crippen molar-refractivity contribution in [3.63, 3.8) is 0 Å². The number of fused-ring (bicyclic) bond motifs is 2. The van der Waals surface area contributed by atoms with E-state index >= 15 is 0 Å². The maximum absolute atomic E-state index is 13.3. The molecule has 0 radical (unpaired) electrons. The summed E-state index contributed by atoms with van der Waals surface area (Å²) < 4.78 is 7.98. The summed E-state index contributed by atoms with van der Waals surface area (Å²) >= 11 is 2.72. The van der Waals surface area contributed by atoms with E-state index in [1.165, 1.54) is 23.1 Å². The molecule has 0 N–H and O–H groups in total. The van der Waals surface area contributed by atoms with E-state index in [-0.39, 0.29) is 23.3 Å². The first kappa shape index (κ1) is 22.2. The molecule has 0 aliphatic carbocycles. The molecule has 1 saturated heterocycles. The Morgan fingerprint density at radius 3 is 2.76 bits per heavy atom. The smallest absolute Gasteiger partial charge is 0.274 e. The Balaban J connectivity index is 1.43. The lowest BCUT2D eigenvalue weighted by Crippen LogP contribution is -2.39. The van der Waals surface area contributed by atoms with Gasteiger partial charge < -0.3 is 14.5 Å². The van der Waals surface area contributed by atoms with Crippen LogP contribution in [-0.4, -0.2) is 52.4 Å². The van der Waals surface area contributed by atoms with E-state index < -0.39 is 0 Å². The van der Waals surface area contributed by atoms with Crippen LogP contribution in [0.5, 0.6) is 5.75 Å². The summed E-state index contributed by atoms with van der Waals surface area (Å²) in [5.41, 5.74) is 2.26. The minimum absolute atomic E-state index is 0.0316. The number of ether oxygens (including phenoxy) is 1. The van der Waals surface area contributed by atoms with Crippen molar-refractivity contribution in [2.45, 2.75) is 44.8 Å². The number of anilines is 2. The quantitative estimate of drug-likeness (QED) is 0.401. The number of amides is 1. The van der Waals surface area contributed by atoms with Gasteiger partial charge >= 0.3 is 0 Å². The number of carbonyl (C=O) groups excluding carboxylic acids is 1. The lowest BCUT2D eigenvalue weighted by atomic mass is 10.1. The van der Waals surface area contributed by atoms with Gasteiger partial charge in [0, 0.05) is 19.1 Å². The van der Waals surface area contributed by atoms with Gasteiger partial charge in [0.15, 0.2) is 15.9 Å². The predicted molar refractivity (Wildman–Crippen MR) is 133 cm³/mol. The van der Waals surface area contributed by atoms with Gasteiger partial charge in [-0.15, -0.1) is 0 Å². The van der Waals surface area contributed by atoms with Crippen LogP contribution in [0.2, 0.25) is 0 Å². The molecule has 0 saturated carbocycles. The molecule has 3 aromatic rings. The van der Waals surface area contributed by atoms with Crippen molar-refractivity contribution in [2.24, 2.45) is 0 Å². The monoisotopic (exact) mass is 485 g/mol. The first-order valence-corrected chi connectivity index (χ1v) is 13.1. The van der Waals surface area contributed by atoms with Crippen LogP contribution in [0.15, 0.2) is 28.2 Å². The van der Waals surface area contributed by atoms with Crippen molar-refractivity contribution in [2.75, 3.05) is 41.8 Å². The van der Waals surface area contributed by atoms with Crippen LogP contribution >= 0.6 is 23.1 Å². The third-order valence-corrected chi connectivity index (χ3v) is 7.95. The Labute approximate surface area is 200 Å². The van der Waals surface area contributed by atoms with Crippen LogP contribution < -0.4 is 20.1 Å². The van der Waals surface area contributed by atoms with Crippen molar-refractivity contribution >= 4 is 50.2 Å². The summed E-state index contributed by atoms with van der Waals surface area (Å²) in [5, 5.41) is 1.40. The highest BCUT2D eigenvalue weighted by atomic mass is 32.2. The highest BCUT2D eigenvalue weighted by molar-refractivity contribution is 7.99. The normalized spacial score (nSPS) is 15.9. The molecule has 10 heteroatoms. The van der Waals surface area contributed by atoms with Crippen LogP contribution in [0.25, 0.3) is 10.3 Å². The van der Waals surface area contributed by atoms with Gasteiger partial charge in [0.25, 0.3) is 5.56 Å². The molecule has 2 aliphatic heterocycles. The zero-order valence-corrected chi connectivity index (χ0v) is 20.7. The molecule has 0 unspecified atom stereocenters. The number of aromatic nitrogens is 3. The summed E-state index contributed by atoms with van der Waals surface area (Å²) in [6, 6.07) is 5.78. The second-order valence-electron chi connectivity index (χ2n) is 8.66. The molecule has 0 spiro atoms. The Bertz CT molecular complexity index is 1260. The number of carbonyl (C=O) groups is 1. The van der Waals surface area contributed by atoms with Gasteiger partial charge in [-0.05, 0) is 51.3 Å². The first-order chi connectivity index (χ1) is 15.9. The molecule has 0 bridgehead atoms. The Hall–Kier alpha value is -2.59. The molecule has 1 aromatic carbocycles. The number of benzene rings is 1. The number of thiazole rings is 1. The fourth-order valence-corrected chi connectivity index (χ4v) is 6.24.